The molecular formula is C8H11N3O2S. The fourth-order valence-corrected chi connectivity index (χ4v) is 1.43. The minimum atomic E-state index is -0.507. The van der Waals surface area contributed by atoms with Crippen LogP contribution in [0.4, 0.5) is 5.82 Å². The van der Waals surface area contributed by atoms with Crippen LogP contribution in [0.1, 0.15) is 16.1 Å². The summed E-state index contributed by atoms with van der Waals surface area (Å²) in [5, 5.41) is 0.549. The normalized spacial score (nSPS) is 9.93. The van der Waals surface area contributed by atoms with Gasteiger partial charge >= 0.3 is 5.97 Å². The molecule has 0 aliphatic rings. The van der Waals surface area contributed by atoms with Gasteiger partial charge in [0.05, 0.1) is 12.8 Å². The van der Waals surface area contributed by atoms with Crippen LogP contribution in [0.3, 0.4) is 0 Å². The number of rotatable bonds is 2. The number of anilines is 1. The zero-order valence-electron chi connectivity index (χ0n) is 8.20. The second-order valence-electron chi connectivity index (χ2n) is 2.55. The van der Waals surface area contributed by atoms with Gasteiger partial charge in [0, 0.05) is 0 Å². The Labute approximate surface area is 86.1 Å². The van der Waals surface area contributed by atoms with Gasteiger partial charge in [-0.2, -0.15) is 0 Å². The number of aryl methyl sites for hydroxylation is 1. The van der Waals surface area contributed by atoms with Crippen LogP contribution in [0.2, 0.25) is 0 Å². The Balaban J connectivity index is 3.25. The number of esters is 1. The average molecular weight is 213 g/mol. The molecule has 2 N–H and O–H groups in total. The van der Waals surface area contributed by atoms with E-state index in [1.165, 1.54) is 18.9 Å². The molecule has 0 aliphatic carbocycles. The van der Waals surface area contributed by atoms with E-state index in [0.717, 1.165) is 0 Å². The number of hydrogen-bond acceptors (Lipinski definition) is 6. The van der Waals surface area contributed by atoms with Gasteiger partial charge in [-0.15, -0.1) is 0 Å². The first-order chi connectivity index (χ1) is 6.60. The molecule has 0 saturated carbocycles. The molecule has 0 bridgehead atoms. The maximum absolute atomic E-state index is 11.3. The number of nitrogens with zero attached hydrogens (tertiary/aromatic N) is 2. The van der Waals surface area contributed by atoms with E-state index < -0.39 is 5.97 Å². The first kappa shape index (κ1) is 10.8. The number of carbonyl (C=O) groups is 1. The van der Waals surface area contributed by atoms with Gasteiger partial charge in [-0.25, -0.2) is 14.8 Å². The van der Waals surface area contributed by atoms with E-state index in [1.807, 2.05) is 6.26 Å². The Morgan fingerprint density at radius 1 is 1.50 bits per heavy atom. The number of methoxy groups -OCH3 is 1. The second kappa shape index (κ2) is 4.28. The summed E-state index contributed by atoms with van der Waals surface area (Å²) in [6.45, 7) is 1.70. The second-order valence-corrected chi connectivity index (χ2v) is 3.32. The van der Waals surface area contributed by atoms with Crippen molar-refractivity contribution in [2.45, 2.75) is 12.1 Å². The minimum absolute atomic E-state index is 0.161. The van der Waals surface area contributed by atoms with E-state index in [2.05, 4.69) is 14.7 Å². The van der Waals surface area contributed by atoms with Crippen molar-refractivity contribution in [2.75, 3.05) is 19.1 Å². The van der Waals surface area contributed by atoms with Gasteiger partial charge in [0.2, 0.25) is 0 Å². The standard InChI is InChI=1S/C8H11N3O2S/c1-4-5(7(12)13-2)6(9)11-8(10-4)14-3/h1-3H3,(H2,9,10,11). The smallest absolute Gasteiger partial charge is 0.343 e. The van der Waals surface area contributed by atoms with Gasteiger partial charge in [0.1, 0.15) is 11.4 Å². The van der Waals surface area contributed by atoms with E-state index in [1.54, 1.807) is 6.92 Å². The maximum atomic E-state index is 11.3. The first-order valence-corrected chi connectivity index (χ1v) is 5.09. The molecule has 0 saturated heterocycles. The molecule has 5 nitrogen and oxygen atoms in total. The van der Waals surface area contributed by atoms with Crippen LogP contribution in [0.25, 0.3) is 0 Å². The third kappa shape index (κ3) is 1.95. The molecule has 14 heavy (non-hydrogen) atoms. The largest absolute Gasteiger partial charge is 0.465 e. The van der Waals surface area contributed by atoms with E-state index >= 15 is 0 Å². The quantitative estimate of drug-likeness (QED) is 0.446. The Morgan fingerprint density at radius 3 is 2.57 bits per heavy atom. The van der Waals surface area contributed by atoms with E-state index in [-0.39, 0.29) is 11.4 Å². The molecule has 1 heterocycles. The molecule has 0 atom stereocenters. The van der Waals surface area contributed by atoms with Gasteiger partial charge in [-0.3, -0.25) is 0 Å². The van der Waals surface area contributed by atoms with Crippen molar-refractivity contribution < 1.29 is 9.53 Å². The van der Waals surface area contributed by atoms with Crippen LogP contribution in [0.5, 0.6) is 0 Å². The van der Waals surface area contributed by atoms with E-state index in [4.69, 9.17) is 5.73 Å². The minimum Gasteiger partial charge on any atom is -0.465 e. The van der Waals surface area contributed by atoms with Gasteiger partial charge in [-0.05, 0) is 13.2 Å². The Kier molecular flexibility index (Phi) is 3.29. The third-order valence-electron chi connectivity index (χ3n) is 1.67. The molecule has 1 aromatic rings. The Hall–Kier alpha value is -1.30. The van der Waals surface area contributed by atoms with Crippen LogP contribution in [-0.4, -0.2) is 29.3 Å². The topological polar surface area (TPSA) is 78.1 Å². The molecule has 6 heteroatoms. The molecule has 1 rings (SSSR count). The third-order valence-corrected chi connectivity index (χ3v) is 2.22. The summed E-state index contributed by atoms with van der Waals surface area (Å²) >= 11 is 1.37. The summed E-state index contributed by atoms with van der Waals surface area (Å²) in [6.07, 6.45) is 1.84. The number of nitrogens with two attached hydrogens (primary N) is 1. The lowest BCUT2D eigenvalue weighted by atomic mass is 10.2. The fraction of sp³-hybridized carbons (Fsp3) is 0.375. The highest BCUT2D eigenvalue weighted by molar-refractivity contribution is 7.98. The highest BCUT2D eigenvalue weighted by Gasteiger charge is 2.16. The molecule has 0 radical (unpaired) electrons. The van der Waals surface area contributed by atoms with Crippen molar-refractivity contribution in [3.63, 3.8) is 0 Å². The van der Waals surface area contributed by atoms with Gasteiger partial charge in [0.25, 0.3) is 0 Å². The summed E-state index contributed by atoms with van der Waals surface area (Å²) in [5.41, 5.74) is 6.39. The summed E-state index contributed by atoms with van der Waals surface area (Å²) in [6, 6.07) is 0. The number of ether oxygens (including phenoxy) is 1. The van der Waals surface area contributed by atoms with Crippen molar-refractivity contribution in [1.29, 1.82) is 0 Å². The number of thioether (sulfide) groups is 1. The molecule has 0 aromatic carbocycles. The van der Waals surface area contributed by atoms with Crippen LogP contribution in [0, 0.1) is 6.92 Å². The first-order valence-electron chi connectivity index (χ1n) is 3.86. The number of nitrogen functional groups attached to an aromatic ring is 1. The number of aromatic nitrogens is 2. The number of carbonyl (C=O) groups excluding carboxylic acids is 1. The van der Waals surface area contributed by atoms with Crippen LogP contribution in [-0.2, 0) is 4.74 Å². The van der Waals surface area contributed by atoms with Gasteiger partial charge < -0.3 is 10.5 Å². The SMILES string of the molecule is COC(=O)c1c(C)nc(SC)nc1N. The molecule has 1 aromatic heterocycles. The molecule has 0 amide bonds. The fourth-order valence-electron chi connectivity index (χ4n) is 1.01. The zero-order valence-corrected chi connectivity index (χ0v) is 9.01. The van der Waals surface area contributed by atoms with Crippen molar-refractivity contribution in [3.05, 3.63) is 11.3 Å². The summed E-state index contributed by atoms with van der Waals surface area (Å²) in [5.74, 6) is -0.346. The van der Waals surface area contributed by atoms with Crippen LogP contribution < -0.4 is 5.73 Å². The predicted molar refractivity (Wildman–Crippen MR) is 54.3 cm³/mol. The molecule has 0 spiro atoms. The highest BCUT2D eigenvalue weighted by atomic mass is 32.2. The lowest BCUT2D eigenvalue weighted by molar-refractivity contribution is 0.0600. The van der Waals surface area contributed by atoms with E-state index in [9.17, 15) is 4.79 Å². The Morgan fingerprint density at radius 2 is 2.14 bits per heavy atom. The van der Waals surface area contributed by atoms with Crippen molar-refractivity contribution in [2.24, 2.45) is 0 Å². The maximum Gasteiger partial charge on any atom is 0.343 e. The lowest BCUT2D eigenvalue weighted by Crippen LogP contribution is -2.11. The zero-order chi connectivity index (χ0) is 10.7. The average Bonchev–Trinajstić information content (AvgIpc) is 2.16. The molecule has 0 fully saturated rings. The summed E-state index contributed by atoms with van der Waals surface area (Å²) in [7, 11) is 1.30. The molecule has 0 unspecified atom stereocenters. The van der Waals surface area contributed by atoms with Gasteiger partial charge in [-0.1, -0.05) is 11.8 Å². The molecule has 0 aliphatic heterocycles. The monoisotopic (exact) mass is 213 g/mol. The summed E-state index contributed by atoms with van der Waals surface area (Å²) < 4.78 is 4.57. The molecule has 76 valence electrons. The van der Waals surface area contributed by atoms with Gasteiger partial charge in [0.15, 0.2) is 5.16 Å². The summed E-state index contributed by atoms with van der Waals surface area (Å²) in [4.78, 5) is 19.3. The highest BCUT2D eigenvalue weighted by Crippen LogP contribution is 2.18. The van der Waals surface area contributed by atoms with Crippen molar-refractivity contribution in [1.82, 2.24) is 9.97 Å². The van der Waals surface area contributed by atoms with Crippen LogP contribution in [0.15, 0.2) is 5.16 Å². The Bertz CT molecular complexity index is 345. The van der Waals surface area contributed by atoms with Crippen LogP contribution >= 0.6 is 11.8 Å². The molecular weight excluding hydrogens is 202 g/mol. The predicted octanol–water partition coefficient (Wildman–Crippen LogP) is 0.876. The van der Waals surface area contributed by atoms with E-state index in [0.29, 0.717) is 10.9 Å². The van der Waals surface area contributed by atoms with Crippen molar-refractivity contribution in [3.8, 4) is 0 Å². The van der Waals surface area contributed by atoms with Crippen molar-refractivity contribution >= 4 is 23.5 Å². The lowest BCUT2D eigenvalue weighted by Gasteiger charge is -2.06. The number of hydrogen-bond donors (Lipinski definition) is 1.